The molecule has 0 aromatic carbocycles. The molecule has 242 valence electrons. The van der Waals surface area contributed by atoms with Crippen LogP contribution in [0.5, 0.6) is 0 Å². The molecule has 0 amide bonds. The molecule has 0 heterocycles. The van der Waals surface area contributed by atoms with Gasteiger partial charge in [0.2, 0.25) is 0 Å². The maximum Gasteiger partial charge on any atom is 0.313 e. The molecule has 0 aromatic rings. The fourth-order valence-corrected chi connectivity index (χ4v) is 5.56. The molecule has 0 atom stereocenters. The first-order valence-corrected chi connectivity index (χ1v) is 18.6. The van der Waals surface area contributed by atoms with Gasteiger partial charge in [0.1, 0.15) is 0 Å². The molecule has 0 radical (unpaired) electrons. The van der Waals surface area contributed by atoms with Gasteiger partial charge >= 0.3 is 11.9 Å². The van der Waals surface area contributed by atoms with Crippen LogP contribution in [0.2, 0.25) is 0 Å². The van der Waals surface area contributed by atoms with Gasteiger partial charge < -0.3 is 4.74 Å². The molecule has 0 saturated heterocycles. The second-order valence-corrected chi connectivity index (χ2v) is 12.6. The summed E-state index contributed by atoms with van der Waals surface area (Å²) in [5.74, 6) is -0.664. The smallest absolute Gasteiger partial charge is 0.313 e. The Labute approximate surface area is 257 Å². The molecule has 0 unspecified atom stereocenters. The molecule has 41 heavy (non-hydrogen) atoms. The van der Waals surface area contributed by atoms with Crippen LogP contribution in [0.15, 0.2) is 12.2 Å². The van der Waals surface area contributed by atoms with Crippen LogP contribution in [0.3, 0.4) is 0 Å². The Morgan fingerprint density at radius 2 is 0.610 bits per heavy atom. The summed E-state index contributed by atoms with van der Waals surface area (Å²) >= 11 is 0. The normalized spacial score (nSPS) is 11.5. The molecule has 3 nitrogen and oxygen atoms in total. The maximum atomic E-state index is 11.9. The Bertz CT molecular complexity index is 568. The van der Waals surface area contributed by atoms with Crippen molar-refractivity contribution in [3.05, 3.63) is 12.2 Å². The molecule has 0 N–H and O–H groups in total. The van der Waals surface area contributed by atoms with Gasteiger partial charge in [-0.05, 0) is 38.5 Å². The van der Waals surface area contributed by atoms with E-state index < -0.39 is 0 Å². The topological polar surface area (TPSA) is 43.4 Å². The van der Waals surface area contributed by atoms with E-state index in [1.54, 1.807) is 0 Å². The van der Waals surface area contributed by atoms with E-state index in [1.807, 2.05) is 0 Å². The van der Waals surface area contributed by atoms with Crippen molar-refractivity contribution in [3.8, 4) is 0 Å². The third-order valence-electron chi connectivity index (χ3n) is 8.35. The van der Waals surface area contributed by atoms with Crippen molar-refractivity contribution in [2.24, 2.45) is 0 Å². The summed E-state index contributed by atoms with van der Waals surface area (Å²) in [4.78, 5) is 23.8. The number of esters is 2. The summed E-state index contributed by atoms with van der Waals surface area (Å²) in [5, 5.41) is 0. The standard InChI is InChI=1S/C38H72O3/c1-3-5-7-9-11-13-15-17-19-20-22-24-26-28-30-32-34-36-38(40)41-37(39)35-33-31-29-27-25-23-21-18-16-14-12-10-8-6-4-2/h18,21H,3-17,19-20,22-36H2,1-2H3/b21-18-. The average Bonchev–Trinajstić information content (AvgIpc) is 2.96. The summed E-state index contributed by atoms with van der Waals surface area (Å²) in [6, 6.07) is 0. The van der Waals surface area contributed by atoms with Crippen LogP contribution >= 0.6 is 0 Å². The van der Waals surface area contributed by atoms with Gasteiger partial charge in [-0.2, -0.15) is 0 Å². The highest BCUT2D eigenvalue weighted by atomic mass is 16.6. The minimum Gasteiger partial charge on any atom is -0.393 e. The molecule has 0 aromatic heterocycles. The number of rotatable bonds is 33. The number of carbonyl (C=O) groups excluding carboxylic acids is 2. The summed E-state index contributed by atoms with van der Waals surface area (Å²) < 4.78 is 5.01. The van der Waals surface area contributed by atoms with Crippen LogP contribution in [0.1, 0.15) is 219 Å². The fourth-order valence-electron chi connectivity index (χ4n) is 5.56. The second kappa shape index (κ2) is 35.1. The van der Waals surface area contributed by atoms with Crippen molar-refractivity contribution >= 4 is 11.9 Å². The van der Waals surface area contributed by atoms with Crippen LogP contribution < -0.4 is 0 Å². The highest BCUT2D eigenvalue weighted by Gasteiger charge is 2.09. The van der Waals surface area contributed by atoms with Crippen molar-refractivity contribution in [3.63, 3.8) is 0 Å². The lowest BCUT2D eigenvalue weighted by Gasteiger charge is -2.05. The Morgan fingerprint density at radius 1 is 0.366 bits per heavy atom. The van der Waals surface area contributed by atoms with Gasteiger partial charge in [-0.15, -0.1) is 0 Å². The first-order valence-electron chi connectivity index (χ1n) is 18.6. The molecule has 0 aliphatic carbocycles. The SMILES string of the molecule is CCCCCCCC/C=C\CCCCCCCC(=O)OC(=O)CCCCCCCCCCCCCCCCCCC. The van der Waals surface area contributed by atoms with Gasteiger partial charge in [-0.1, -0.05) is 180 Å². The van der Waals surface area contributed by atoms with Gasteiger partial charge in [-0.3, -0.25) is 9.59 Å². The highest BCUT2D eigenvalue weighted by Crippen LogP contribution is 2.15. The molecule has 0 aliphatic rings. The van der Waals surface area contributed by atoms with E-state index in [9.17, 15) is 9.59 Å². The van der Waals surface area contributed by atoms with Gasteiger partial charge in [0.25, 0.3) is 0 Å². The van der Waals surface area contributed by atoms with Crippen molar-refractivity contribution in [2.45, 2.75) is 219 Å². The first kappa shape index (κ1) is 39.9. The van der Waals surface area contributed by atoms with Crippen molar-refractivity contribution < 1.29 is 14.3 Å². The Morgan fingerprint density at radius 3 is 0.902 bits per heavy atom. The predicted octanol–water partition coefficient (Wildman–Crippen LogP) is 13.1. The third-order valence-corrected chi connectivity index (χ3v) is 8.35. The molecule has 0 saturated carbocycles. The van der Waals surface area contributed by atoms with Gasteiger partial charge in [-0.25, -0.2) is 0 Å². The van der Waals surface area contributed by atoms with Crippen LogP contribution in [0.25, 0.3) is 0 Å². The van der Waals surface area contributed by atoms with E-state index in [1.165, 1.54) is 161 Å². The Hall–Kier alpha value is -1.12. The van der Waals surface area contributed by atoms with E-state index in [4.69, 9.17) is 4.74 Å². The second-order valence-electron chi connectivity index (χ2n) is 12.6. The minimum atomic E-state index is -0.334. The lowest BCUT2D eigenvalue weighted by molar-refractivity contribution is -0.159. The van der Waals surface area contributed by atoms with E-state index in [2.05, 4.69) is 26.0 Å². The summed E-state index contributed by atoms with van der Waals surface area (Å²) in [5.41, 5.74) is 0. The number of ether oxygens (including phenoxy) is 1. The van der Waals surface area contributed by atoms with Gasteiger partial charge in [0.15, 0.2) is 0 Å². The molecule has 0 bridgehead atoms. The Balaban J connectivity index is 3.31. The number of allylic oxidation sites excluding steroid dienone is 2. The van der Waals surface area contributed by atoms with Crippen LogP contribution in [0.4, 0.5) is 0 Å². The monoisotopic (exact) mass is 577 g/mol. The summed E-state index contributed by atoms with van der Waals surface area (Å²) in [6.45, 7) is 4.55. The molecule has 3 heteroatoms. The molecule has 0 spiro atoms. The molecule has 0 rings (SSSR count). The largest absolute Gasteiger partial charge is 0.393 e. The van der Waals surface area contributed by atoms with Crippen molar-refractivity contribution in [1.82, 2.24) is 0 Å². The minimum absolute atomic E-state index is 0.330. The third kappa shape index (κ3) is 35.0. The zero-order chi connectivity index (χ0) is 29.9. The van der Waals surface area contributed by atoms with Crippen molar-refractivity contribution in [1.29, 1.82) is 0 Å². The fraction of sp³-hybridized carbons (Fsp3) is 0.895. The average molecular weight is 577 g/mol. The first-order chi connectivity index (χ1) is 20.2. The number of hydrogen-bond donors (Lipinski definition) is 0. The summed E-state index contributed by atoms with van der Waals surface area (Å²) in [6.07, 6.45) is 44.1. The zero-order valence-electron chi connectivity index (χ0n) is 28.0. The number of hydrogen-bond acceptors (Lipinski definition) is 3. The quantitative estimate of drug-likeness (QED) is 0.0338. The maximum absolute atomic E-state index is 11.9. The Kier molecular flexibility index (Phi) is 34.1. The van der Waals surface area contributed by atoms with E-state index in [-0.39, 0.29) is 11.9 Å². The predicted molar refractivity (Wildman–Crippen MR) is 179 cm³/mol. The number of unbranched alkanes of at least 4 members (excludes halogenated alkanes) is 27. The molecule has 0 fully saturated rings. The number of carbonyl (C=O) groups is 2. The molecular weight excluding hydrogens is 504 g/mol. The van der Waals surface area contributed by atoms with Crippen LogP contribution in [0, 0.1) is 0 Å². The van der Waals surface area contributed by atoms with E-state index >= 15 is 0 Å². The highest BCUT2D eigenvalue weighted by molar-refractivity contribution is 5.85. The molecule has 0 aliphatic heterocycles. The zero-order valence-corrected chi connectivity index (χ0v) is 28.0. The van der Waals surface area contributed by atoms with E-state index in [0.717, 1.165) is 32.1 Å². The summed E-state index contributed by atoms with van der Waals surface area (Å²) in [7, 11) is 0. The lowest BCUT2D eigenvalue weighted by atomic mass is 10.0. The van der Waals surface area contributed by atoms with Gasteiger partial charge in [0, 0.05) is 12.8 Å². The van der Waals surface area contributed by atoms with E-state index in [0.29, 0.717) is 12.8 Å². The lowest BCUT2D eigenvalue weighted by Crippen LogP contribution is -2.11. The van der Waals surface area contributed by atoms with Crippen LogP contribution in [-0.4, -0.2) is 11.9 Å². The van der Waals surface area contributed by atoms with Gasteiger partial charge in [0.05, 0.1) is 0 Å². The van der Waals surface area contributed by atoms with Crippen LogP contribution in [-0.2, 0) is 14.3 Å². The molecular formula is C38H72O3. The van der Waals surface area contributed by atoms with Crippen molar-refractivity contribution in [2.75, 3.05) is 0 Å².